The average Bonchev–Trinajstić information content (AvgIpc) is 2.95. The van der Waals surface area contributed by atoms with Crippen LogP contribution in [0.1, 0.15) is 34.0 Å². The van der Waals surface area contributed by atoms with Gasteiger partial charge in [-0.15, -0.1) is 0 Å². The van der Waals surface area contributed by atoms with Crippen molar-refractivity contribution in [1.29, 1.82) is 0 Å². The highest BCUT2D eigenvalue weighted by Crippen LogP contribution is 2.35. The van der Waals surface area contributed by atoms with Crippen LogP contribution >= 0.6 is 0 Å². The van der Waals surface area contributed by atoms with Crippen LogP contribution in [0.25, 0.3) is 11.3 Å². The molecule has 41 heavy (non-hydrogen) atoms. The standard InChI is InChI=1S/C29H29F3N8O/c1-18-3-4-20(11-26(18)39-28-36-8-7-25(38-28)22-13-33-17-34-14-22)27(41)37-23-6-5-21(24(12-23)29(30,31)32)16-40-10-9-35-19(2)15-40/h3-8,11-14,17,19,35H,9-10,15-16H2,1-2H3,(H,37,41)(H,36,38,39)/t19-/m1/s1. The van der Waals surface area contributed by atoms with Gasteiger partial charge in [0.25, 0.3) is 5.91 Å². The predicted octanol–water partition coefficient (Wildman–Crippen LogP) is 5.05. The second-order valence-corrected chi connectivity index (χ2v) is 9.96. The second kappa shape index (κ2) is 12.0. The molecule has 4 aromatic rings. The number of rotatable bonds is 7. The van der Waals surface area contributed by atoms with E-state index < -0.39 is 17.6 Å². The zero-order valence-electron chi connectivity index (χ0n) is 22.5. The summed E-state index contributed by atoms with van der Waals surface area (Å²) < 4.78 is 42.0. The predicted molar refractivity (Wildman–Crippen MR) is 150 cm³/mol. The number of benzene rings is 2. The Bertz CT molecular complexity index is 1530. The lowest BCUT2D eigenvalue weighted by Crippen LogP contribution is -2.48. The summed E-state index contributed by atoms with van der Waals surface area (Å²) >= 11 is 0. The largest absolute Gasteiger partial charge is 0.416 e. The summed E-state index contributed by atoms with van der Waals surface area (Å²) in [4.78, 5) is 31.8. The number of aryl methyl sites for hydroxylation is 1. The molecule has 1 saturated heterocycles. The van der Waals surface area contributed by atoms with Crippen molar-refractivity contribution in [2.45, 2.75) is 32.6 Å². The number of hydrogen-bond donors (Lipinski definition) is 3. The van der Waals surface area contributed by atoms with Crippen molar-refractivity contribution in [2.24, 2.45) is 0 Å². The second-order valence-electron chi connectivity index (χ2n) is 9.96. The number of carbonyl (C=O) groups is 1. The number of alkyl halides is 3. The number of nitrogens with one attached hydrogen (secondary N) is 3. The number of piperazine rings is 1. The molecule has 0 saturated carbocycles. The van der Waals surface area contributed by atoms with E-state index >= 15 is 0 Å². The number of hydrogen-bond acceptors (Lipinski definition) is 8. The van der Waals surface area contributed by atoms with Gasteiger partial charge in [-0.3, -0.25) is 9.69 Å². The van der Waals surface area contributed by atoms with E-state index in [0.717, 1.165) is 23.7 Å². The van der Waals surface area contributed by atoms with Crippen LogP contribution in [-0.2, 0) is 12.7 Å². The molecule has 2 aromatic carbocycles. The molecule has 0 spiro atoms. The highest BCUT2D eigenvalue weighted by Gasteiger charge is 2.34. The molecule has 2 aromatic heterocycles. The Morgan fingerprint density at radius 2 is 1.93 bits per heavy atom. The van der Waals surface area contributed by atoms with Crippen molar-refractivity contribution in [3.63, 3.8) is 0 Å². The number of anilines is 3. The van der Waals surface area contributed by atoms with Gasteiger partial charge in [0, 0.05) is 73.3 Å². The molecule has 3 N–H and O–H groups in total. The normalized spacial score (nSPS) is 15.9. The van der Waals surface area contributed by atoms with Gasteiger partial charge in [-0.25, -0.2) is 19.9 Å². The zero-order chi connectivity index (χ0) is 29.0. The first-order valence-corrected chi connectivity index (χ1v) is 13.1. The van der Waals surface area contributed by atoms with Crippen molar-refractivity contribution in [1.82, 2.24) is 30.2 Å². The van der Waals surface area contributed by atoms with Crippen LogP contribution < -0.4 is 16.0 Å². The lowest BCUT2D eigenvalue weighted by molar-refractivity contribution is -0.138. The van der Waals surface area contributed by atoms with Gasteiger partial charge < -0.3 is 16.0 Å². The minimum absolute atomic E-state index is 0.0657. The third-order valence-electron chi connectivity index (χ3n) is 6.78. The highest BCUT2D eigenvalue weighted by atomic mass is 19.4. The molecule has 0 unspecified atom stereocenters. The van der Waals surface area contributed by atoms with E-state index in [-0.39, 0.29) is 29.4 Å². The molecule has 1 aliphatic heterocycles. The lowest BCUT2D eigenvalue weighted by Gasteiger charge is -2.32. The van der Waals surface area contributed by atoms with E-state index in [0.29, 0.717) is 30.4 Å². The molecule has 0 bridgehead atoms. The number of nitrogens with zero attached hydrogens (tertiary/aromatic N) is 5. The fourth-order valence-electron chi connectivity index (χ4n) is 4.69. The summed E-state index contributed by atoms with van der Waals surface area (Å²) in [5.41, 5.74) is 2.48. The molecular weight excluding hydrogens is 533 g/mol. The Hall–Kier alpha value is -4.42. The minimum atomic E-state index is -4.56. The van der Waals surface area contributed by atoms with Gasteiger partial charge in [-0.1, -0.05) is 12.1 Å². The van der Waals surface area contributed by atoms with Gasteiger partial charge in [-0.05, 0) is 55.3 Å². The Morgan fingerprint density at radius 3 is 2.68 bits per heavy atom. The van der Waals surface area contributed by atoms with Crippen LogP contribution in [0.5, 0.6) is 0 Å². The maximum absolute atomic E-state index is 14.0. The van der Waals surface area contributed by atoms with Gasteiger partial charge in [0.05, 0.1) is 11.3 Å². The Morgan fingerprint density at radius 1 is 1.12 bits per heavy atom. The summed E-state index contributed by atoms with van der Waals surface area (Å²) in [6.07, 6.45) is 1.73. The molecule has 0 aliphatic carbocycles. The maximum atomic E-state index is 14.0. The van der Waals surface area contributed by atoms with E-state index in [4.69, 9.17) is 0 Å². The average molecular weight is 563 g/mol. The van der Waals surface area contributed by atoms with E-state index in [1.54, 1.807) is 42.9 Å². The van der Waals surface area contributed by atoms with Crippen LogP contribution in [0.3, 0.4) is 0 Å². The highest BCUT2D eigenvalue weighted by molar-refractivity contribution is 6.05. The monoisotopic (exact) mass is 562 g/mol. The molecule has 12 heteroatoms. The summed E-state index contributed by atoms with van der Waals surface area (Å²) in [5, 5.41) is 9.02. The molecule has 1 aliphatic rings. The van der Waals surface area contributed by atoms with Gasteiger partial charge in [0.2, 0.25) is 5.95 Å². The van der Waals surface area contributed by atoms with E-state index in [1.165, 1.54) is 18.5 Å². The van der Waals surface area contributed by atoms with Gasteiger partial charge in [0.15, 0.2) is 0 Å². The van der Waals surface area contributed by atoms with Crippen molar-refractivity contribution < 1.29 is 18.0 Å². The van der Waals surface area contributed by atoms with E-state index in [2.05, 4.69) is 35.9 Å². The van der Waals surface area contributed by atoms with Gasteiger partial charge in [0.1, 0.15) is 6.33 Å². The van der Waals surface area contributed by atoms with Crippen LogP contribution in [0, 0.1) is 6.92 Å². The van der Waals surface area contributed by atoms with Crippen LogP contribution in [0.2, 0.25) is 0 Å². The smallest absolute Gasteiger partial charge is 0.324 e. The Balaban J connectivity index is 1.33. The van der Waals surface area contributed by atoms with Crippen LogP contribution in [0.4, 0.5) is 30.5 Å². The molecule has 212 valence electrons. The summed E-state index contributed by atoms with van der Waals surface area (Å²) in [6, 6.07) is 10.8. The first kappa shape index (κ1) is 28.1. The third kappa shape index (κ3) is 7.02. The van der Waals surface area contributed by atoms with Crippen molar-refractivity contribution in [3.05, 3.63) is 89.6 Å². The minimum Gasteiger partial charge on any atom is -0.324 e. The molecule has 5 rings (SSSR count). The fraction of sp³-hybridized carbons (Fsp3) is 0.276. The SMILES string of the molecule is Cc1ccc(C(=O)Nc2ccc(CN3CCN[C@H](C)C3)c(C(F)(F)F)c2)cc1Nc1nccc(-c2cncnc2)n1. The van der Waals surface area contributed by atoms with E-state index in [9.17, 15) is 18.0 Å². The molecule has 1 fully saturated rings. The molecule has 1 atom stereocenters. The van der Waals surface area contributed by atoms with Crippen LogP contribution in [0.15, 0.2) is 67.4 Å². The zero-order valence-corrected chi connectivity index (χ0v) is 22.5. The Kier molecular flexibility index (Phi) is 8.22. The number of halogens is 3. The number of aromatic nitrogens is 4. The third-order valence-corrected chi connectivity index (χ3v) is 6.78. The van der Waals surface area contributed by atoms with Gasteiger partial charge >= 0.3 is 6.18 Å². The Labute approximate surface area is 235 Å². The van der Waals surface area contributed by atoms with E-state index in [1.807, 2.05) is 18.7 Å². The number of carbonyl (C=O) groups excluding carboxylic acids is 1. The topological polar surface area (TPSA) is 108 Å². The first-order chi connectivity index (χ1) is 19.7. The van der Waals surface area contributed by atoms with Crippen molar-refractivity contribution >= 4 is 23.2 Å². The molecule has 9 nitrogen and oxygen atoms in total. The van der Waals surface area contributed by atoms with Gasteiger partial charge in [-0.2, -0.15) is 13.2 Å². The summed E-state index contributed by atoms with van der Waals surface area (Å²) in [7, 11) is 0. The quantitative estimate of drug-likeness (QED) is 0.287. The molecule has 1 amide bonds. The van der Waals surface area contributed by atoms with Crippen molar-refractivity contribution in [3.8, 4) is 11.3 Å². The molecule has 0 radical (unpaired) electrons. The van der Waals surface area contributed by atoms with Crippen molar-refractivity contribution in [2.75, 3.05) is 30.3 Å². The first-order valence-electron chi connectivity index (χ1n) is 13.1. The summed E-state index contributed by atoms with van der Waals surface area (Å²) in [6.45, 7) is 6.10. The maximum Gasteiger partial charge on any atom is 0.416 e. The molecular formula is C29H29F3N8O. The fourth-order valence-corrected chi connectivity index (χ4v) is 4.69. The molecule has 3 heterocycles. The lowest BCUT2D eigenvalue weighted by atomic mass is 10.0. The number of amides is 1. The summed E-state index contributed by atoms with van der Waals surface area (Å²) in [5.74, 6) is -0.239. The van der Waals surface area contributed by atoms with Crippen LogP contribution in [-0.4, -0.2) is 56.4 Å².